The van der Waals surface area contributed by atoms with Crippen molar-refractivity contribution in [2.75, 3.05) is 32.9 Å². The van der Waals surface area contributed by atoms with Gasteiger partial charge in [0.25, 0.3) is 5.91 Å². The molecule has 100 valence electrons. The van der Waals surface area contributed by atoms with E-state index < -0.39 is 0 Å². The number of ether oxygens (including phenoxy) is 1. The van der Waals surface area contributed by atoms with Crippen LogP contribution in [0.3, 0.4) is 0 Å². The van der Waals surface area contributed by atoms with Crippen LogP contribution in [0.1, 0.15) is 17.3 Å². The van der Waals surface area contributed by atoms with Crippen molar-refractivity contribution in [3.8, 4) is 5.75 Å². The van der Waals surface area contributed by atoms with Crippen molar-refractivity contribution >= 4 is 5.91 Å². The minimum Gasteiger partial charge on any atom is -0.493 e. The monoisotopic (exact) mass is 253 g/mol. The van der Waals surface area contributed by atoms with E-state index in [4.69, 9.17) is 14.9 Å². The molecular weight excluding hydrogens is 234 g/mol. The van der Waals surface area contributed by atoms with Crippen LogP contribution in [-0.2, 0) is 0 Å². The van der Waals surface area contributed by atoms with Crippen molar-refractivity contribution in [2.45, 2.75) is 6.92 Å². The van der Waals surface area contributed by atoms with E-state index in [0.717, 1.165) is 0 Å². The van der Waals surface area contributed by atoms with Gasteiger partial charge < -0.3 is 19.8 Å². The number of carbonyl (C=O) groups is 1. The molecule has 0 heterocycles. The lowest BCUT2D eigenvalue weighted by atomic mass is 10.1. The highest BCUT2D eigenvalue weighted by Gasteiger charge is 2.18. The van der Waals surface area contributed by atoms with Crippen LogP contribution in [0.4, 0.5) is 0 Å². The highest BCUT2D eigenvalue weighted by atomic mass is 16.5. The lowest BCUT2D eigenvalue weighted by Gasteiger charge is -2.21. The Morgan fingerprint density at radius 1 is 1.22 bits per heavy atom. The molecule has 2 N–H and O–H groups in total. The van der Waals surface area contributed by atoms with Crippen LogP contribution in [0.2, 0.25) is 0 Å². The fraction of sp³-hybridized carbons (Fsp3) is 0.462. The van der Waals surface area contributed by atoms with Gasteiger partial charge in [-0.2, -0.15) is 0 Å². The van der Waals surface area contributed by atoms with Gasteiger partial charge >= 0.3 is 0 Å². The molecule has 0 unspecified atom stereocenters. The molecular formula is C13H19NO4. The van der Waals surface area contributed by atoms with E-state index >= 15 is 0 Å². The maximum absolute atomic E-state index is 12.2. The van der Waals surface area contributed by atoms with E-state index in [2.05, 4.69) is 0 Å². The van der Waals surface area contributed by atoms with Gasteiger partial charge in [0.2, 0.25) is 0 Å². The minimum absolute atomic E-state index is 0.136. The van der Waals surface area contributed by atoms with Crippen LogP contribution in [-0.4, -0.2) is 53.9 Å². The SMILES string of the molecule is CCOc1ccccc1C(=O)N(CCO)CCO. The summed E-state index contributed by atoms with van der Waals surface area (Å²) in [4.78, 5) is 13.6. The fourth-order valence-electron chi connectivity index (χ4n) is 1.65. The fourth-order valence-corrected chi connectivity index (χ4v) is 1.65. The molecule has 1 aromatic carbocycles. The first-order valence-electron chi connectivity index (χ1n) is 5.97. The lowest BCUT2D eigenvalue weighted by molar-refractivity contribution is 0.0680. The number of rotatable bonds is 7. The Kier molecular flexibility index (Phi) is 6.18. The average molecular weight is 253 g/mol. The molecule has 1 rings (SSSR count). The van der Waals surface area contributed by atoms with E-state index in [0.29, 0.717) is 17.9 Å². The summed E-state index contributed by atoms with van der Waals surface area (Å²) in [5.41, 5.74) is 0.446. The molecule has 5 heteroatoms. The Hall–Kier alpha value is -1.59. The molecule has 5 nitrogen and oxygen atoms in total. The van der Waals surface area contributed by atoms with Gasteiger partial charge in [0.05, 0.1) is 25.4 Å². The average Bonchev–Trinajstić information content (AvgIpc) is 2.39. The second kappa shape index (κ2) is 7.68. The van der Waals surface area contributed by atoms with Crippen molar-refractivity contribution in [3.63, 3.8) is 0 Å². The van der Waals surface area contributed by atoms with Crippen LogP contribution in [0, 0.1) is 0 Å². The molecule has 0 atom stereocenters. The second-order valence-electron chi connectivity index (χ2n) is 3.67. The van der Waals surface area contributed by atoms with Crippen LogP contribution in [0.5, 0.6) is 5.75 Å². The first-order valence-corrected chi connectivity index (χ1v) is 5.97. The molecule has 18 heavy (non-hydrogen) atoms. The summed E-state index contributed by atoms with van der Waals surface area (Å²) in [6, 6.07) is 6.96. The Morgan fingerprint density at radius 2 is 1.83 bits per heavy atom. The molecule has 0 aliphatic heterocycles. The number of amides is 1. The predicted octanol–water partition coefficient (Wildman–Crippen LogP) is 0.512. The second-order valence-corrected chi connectivity index (χ2v) is 3.67. The normalized spacial score (nSPS) is 10.2. The Balaban J connectivity index is 2.92. The van der Waals surface area contributed by atoms with Crippen LogP contribution >= 0.6 is 0 Å². The van der Waals surface area contributed by atoms with Crippen molar-refractivity contribution in [1.82, 2.24) is 4.90 Å². The van der Waals surface area contributed by atoms with Crippen molar-refractivity contribution in [3.05, 3.63) is 29.8 Å². The third-order valence-corrected chi connectivity index (χ3v) is 2.44. The zero-order valence-corrected chi connectivity index (χ0v) is 10.5. The summed E-state index contributed by atoms with van der Waals surface area (Å²) in [7, 11) is 0. The van der Waals surface area contributed by atoms with Gasteiger partial charge in [0.1, 0.15) is 5.75 Å². The predicted molar refractivity (Wildman–Crippen MR) is 67.7 cm³/mol. The molecule has 0 aliphatic carbocycles. The summed E-state index contributed by atoms with van der Waals surface area (Å²) in [5.74, 6) is 0.271. The van der Waals surface area contributed by atoms with Crippen LogP contribution in [0.15, 0.2) is 24.3 Å². The maximum Gasteiger partial charge on any atom is 0.257 e. The number of nitrogens with zero attached hydrogens (tertiary/aromatic N) is 1. The first-order chi connectivity index (χ1) is 8.74. The summed E-state index contributed by atoms with van der Waals surface area (Å²) in [6.07, 6.45) is 0. The third-order valence-electron chi connectivity index (χ3n) is 2.44. The van der Waals surface area contributed by atoms with E-state index in [1.54, 1.807) is 24.3 Å². The number of hydrogen-bond acceptors (Lipinski definition) is 4. The summed E-state index contributed by atoms with van der Waals surface area (Å²) in [6.45, 7) is 2.44. The van der Waals surface area contributed by atoms with Crippen molar-refractivity contribution in [1.29, 1.82) is 0 Å². The van der Waals surface area contributed by atoms with E-state index in [1.165, 1.54) is 4.90 Å². The van der Waals surface area contributed by atoms with Crippen LogP contribution < -0.4 is 4.74 Å². The molecule has 0 aromatic heterocycles. The summed E-state index contributed by atoms with van der Waals surface area (Å²) in [5, 5.41) is 17.8. The molecule has 0 fully saturated rings. The summed E-state index contributed by atoms with van der Waals surface area (Å²) >= 11 is 0. The van der Waals surface area contributed by atoms with Gasteiger partial charge in [-0.15, -0.1) is 0 Å². The van der Waals surface area contributed by atoms with E-state index in [9.17, 15) is 4.79 Å². The smallest absolute Gasteiger partial charge is 0.257 e. The number of benzene rings is 1. The molecule has 0 radical (unpaired) electrons. The lowest BCUT2D eigenvalue weighted by Crippen LogP contribution is -2.36. The van der Waals surface area contributed by atoms with E-state index in [-0.39, 0.29) is 32.2 Å². The molecule has 0 spiro atoms. The van der Waals surface area contributed by atoms with Crippen LogP contribution in [0.25, 0.3) is 0 Å². The largest absolute Gasteiger partial charge is 0.493 e. The number of hydrogen-bond donors (Lipinski definition) is 2. The molecule has 0 bridgehead atoms. The minimum atomic E-state index is -0.248. The molecule has 0 saturated carbocycles. The highest BCUT2D eigenvalue weighted by Crippen LogP contribution is 2.19. The number of para-hydroxylation sites is 1. The van der Waals surface area contributed by atoms with Gasteiger partial charge in [0, 0.05) is 13.1 Å². The van der Waals surface area contributed by atoms with Crippen molar-refractivity contribution in [2.24, 2.45) is 0 Å². The Morgan fingerprint density at radius 3 is 2.39 bits per heavy atom. The van der Waals surface area contributed by atoms with Gasteiger partial charge in [-0.3, -0.25) is 4.79 Å². The van der Waals surface area contributed by atoms with Gasteiger partial charge in [-0.1, -0.05) is 12.1 Å². The number of carbonyl (C=O) groups excluding carboxylic acids is 1. The topological polar surface area (TPSA) is 70.0 Å². The Labute approximate surface area is 107 Å². The number of aliphatic hydroxyl groups is 2. The zero-order valence-electron chi connectivity index (χ0n) is 10.5. The summed E-state index contributed by atoms with van der Waals surface area (Å²) < 4.78 is 5.39. The molecule has 1 aromatic rings. The first kappa shape index (κ1) is 14.5. The Bertz CT molecular complexity index is 375. The van der Waals surface area contributed by atoms with E-state index in [1.807, 2.05) is 6.92 Å². The zero-order chi connectivity index (χ0) is 13.4. The van der Waals surface area contributed by atoms with Gasteiger partial charge in [-0.05, 0) is 19.1 Å². The van der Waals surface area contributed by atoms with Crippen molar-refractivity contribution < 1.29 is 19.7 Å². The number of aliphatic hydroxyl groups excluding tert-OH is 2. The molecule has 0 saturated heterocycles. The third kappa shape index (κ3) is 3.72. The molecule has 1 amide bonds. The maximum atomic E-state index is 12.2. The molecule has 0 aliphatic rings. The highest BCUT2D eigenvalue weighted by molar-refractivity contribution is 5.96. The standard InChI is InChI=1S/C13H19NO4/c1-2-18-12-6-4-3-5-11(12)13(17)14(7-9-15)8-10-16/h3-6,15-16H,2,7-10H2,1H3. The van der Waals surface area contributed by atoms with Gasteiger partial charge in [-0.25, -0.2) is 0 Å². The van der Waals surface area contributed by atoms with Gasteiger partial charge in [0.15, 0.2) is 0 Å². The quantitative estimate of drug-likeness (QED) is 0.743.